The number of methoxy groups -OCH3 is 1. The van der Waals surface area contributed by atoms with Crippen LogP contribution in [0.15, 0.2) is 126 Å². The average molecular weight is 646 g/mol. The van der Waals surface area contributed by atoms with Crippen molar-refractivity contribution in [2.75, 3.05) is 7.11 Å². The van der Waals surface area contributed by atoms with Gasteiger partial charge in [0.15, 0.2) is 0 Å². The van der Waals surface area contributed by atoms with Crippen LogP contribution in [0.4, 0.5) is 13.2 Å². The number of carbonyl (C=O) groups is 1. The van der Waals surface area contributed by atoms with E-state index in [-0.39, 0.29) is 23.9 Å². The molecule has 0 saturated carbocycles. The third-order valence-electron chi connectivity index (χ3n) is 7.31. The van der Waals surface area contributed by atoms with E-state index < -0.39 is 21.8 Å². The van der Waals surface area contributed by atoms with E-state index >= 15 is 0 Å². The molecular weight excluding hydrogens is 615 g/mol. The number of halogens is 3. The summed E-state index contributed by atoms with van der Waals surface area (Å²) >= 11 is 0. The first-order valence-electron chi connectivity index (χ1n) is 14.2. The molecule has 0 radical (unpaired) electrons. The Labute approximate surface area is 265 Å². The number of nitrogens with one attached hydrogen (secondary N) is 1. The molecule has 0 spiro atoms. The number of amides is 1. The number of rotatable bonds is 11. The summed E-state index contributed by atoms with van der Waals surface area (Å²) in [4.78, 5) is 16.5. The van der Waals surface area contributed by atoms with Gasteiger partial charge >= 0.3 is 6.18 Å². The van der Waals surface area contributed by atoms with E-state index in [1.165, 1.54) is 4.31 Å². The van der Waals surface area contributed by atoms with Gasteiger partial charge < -0.3 is 10.1 Å². The zero-order valence-corrected chi connectivity index (χ0v) is 25.6. The average Bonchev–Trinajstić information content (AvgIpc) is 3.07. The Morgan fingerprint density at radius 2 is 1.37 bits per heavy atom. The molecule has 0 aliphatic heterocycles. The molecule has 0 bridgehead atoms. The van der Waals surface area contributed by atoms with Crippen LogP contribution in [-0.2, 0) is 35.8 Å². The van der Waals surface area contributed by atoms with Crippen LogP contribution < -0.4 is 10.1 Å². The predicted octanol–water partition coefficient (Wildman–Crippen LogP) is 7.10. The summed E-state index contributed by atoms with van der Waals surface area (Å²) in [5, 5.41) is 2.90. The SMILES string of the molecule is COc1ccc(CNC(=O)c2ccc(-c3ccc(CN(Cc4cccnc4)S(=O)(=O)c4ccc(C(F)(F)F)cc4)cc3)cc2)cc1. The maximum atomic E-state index is 13.6. The number of hydrogen-bond acceptors (Lipinski definition) is 5. The van der Waals surface area contributed by atoms with Crippen LogP contribution in [0.5, 0.6) is 5.75 Å². The van der Waals surface area contributed by atoms with E-state index in [4.69, 9.17) is 4.74 Å². The fraction of sp³-hybridized carbons (Fsp3) is 0.143. The van der Waals surface area contributed by atoms with Gasteiger partial charge in [-0.05, 0) is 82.4 Å². The molecule has 1 N–H and O–H groups in total. The second-order valence-electron chi connectivity index (χ2n) is 10.5. The number of hydrogen-bond donors (Lipinski definition) is 1. The molecule has 1 aromatic heterocycles. The highest BCUT2D eigenvalue weighted by molar-refractivity contribution is 7.89. The number of aromatic nitrogens is 1. The van der Waals surface area contributed by atoms with E-state index in [0.717, 1.165) is 46.7 Å². The lowest BCUT2D eigenvalue weighted by Gasteiger charge is -2.23. The van der Waals surface area contributed by atoms with Gasteiger partial charge in [0.2, 0.25) is 10.0 Å². The van der Waals surface area contributed by atoms with Crippen molar-refractivity contribution in [3.8, 4) is 16.9 Å². The van der Waals surface area contributed by atoms with Gasteiger partial charge in [0.1, 0.15) is 5.75 Å². The molecular formula is C35H30F3N3O4S. The van der Waals surface area contributed by atoms with Gasteiger partial charge in [0.05, 0.1) is 17.6 Å². The smallest absolute Gasteiger partial charge is 0.416 e. The largest absolute Gasteiger partial charge is 0.497 e. The van der Waals surface area contributed by atoms with Crippen molar-refractivity contribution in [2.24, 2.45) is 0 Å². The third kappa shape index (κ3) is 7.98. The molecule has 0 atom stereocenters. The van der Waals surface area contributed by atoms with Gasteiger partial charge in [-0.25, -0.2) is 8.42 Å². The molecule has 1 heterocycles. The normalized spacial score (nSPS) is 11.8. The van der Waals surface area contributed by atoms with Gasteiger partial charge in [-0.1, -0.05) is 54.6 Å². The standard InChI is InChI=1S/C35H30F3N3O4S/c1-45-32-16-6-25(7-17-32)22-40-34(42)30-12-10-29(11-13-30)28-8-4-26(5-9-28)23-41(24-27-3-2-20-39-21-27)46(43,44)33-18-14-31(15-19-33)35(36,37)38/h2-21H,22-24H2,1H3,(H,40,42). The lowest BCUT2D eigenvalue weighted by molar-refractivity contribution is -0.137. The Morgan fingerprint density at radius 3 is 1.93 bits per heavy atom. The van der Waals surface area contributed by atoms with Crippen molar-refractivity contribution in [3.05, 3.63) is 149 Å². The minimum atomic E-state index is -4.58. The zero-order chi connectivity index (χ0) is 32.7. The van der Waals surface area contributed by atoms with Gasteiger partial charge in [0, 0.05) is 37.6 Å². The second-order valence-corrected chi connectivity index (χ2v) is 12.4. The van der Waals surface area contributed by atoms with Crippen LogP contribution in [0, 0.1) is 0 Å². The highest BCUT2D eigenvalue weighted by Crippen LogP contribution is 2.31. The molecule has 0 unspecified atom stereocenters. The number of nitrogens with zero attached hydrogens (tertiary/aromatic N) is 2. The lowest BCUT2D eigenvalue weighted by Crippen LogP contribution is -2.30. The molecule has 1 amide bonds. The molecule has 7 nitrogen and oxygen atoms in total. The van der Waals surface area contributed by atoms with E-state index in [1.54, 1.807) is 55.9 Å². The fourth-order valence-electron chi connectivity index (χ4n) is 4.73. The third-order valence-corrected chi connectivity index (χ3v) is 9.11. The van der Waals surface area contributed by atoms with Gasteiger partial charge in [-0.2, -0.15) is 17.5 Å². The molecule has 5 aromatic rings. The maximum Gasteiger partial charge on any atom is 0.416 e. The van der Waals surface area contributed by atoms with Crippen molar-refractivity contribution in [2.45, 2.75) is 30.7 Å². The van der Waals surface area contributed by atoms with Crippen molar-refractivity contribution in [3.63, 3.8) is 0 Å². The Kier molecular flexibility index (Phi) is 9.84. The van der Waals surface area contributed by atoms with Crippen LogP contribution >= 0.6 is 0 Å². The van der Waals surface area contributed by atoms with Crippen molar-refractivity contribution in [1.82, 2.24) is 14.6 Å². The molecule has 0 saturated heterocycles. The molecule has 0 aliphatic carbocycles. The van der Waals surface area contributed by atoms with E-state index in [2.05, 4.69) is 10.3 Å². The summed E-state index contributed by atoms with van der Waals surface area (Å²) in [6.45, 7) is 0.325. The van der Waals surface area contributed by atoms with Crippen LogP contribution in [0.25, 0.3) is 11.1 Å². The van der Waals surface area contributed by atoms with Crippen molar-refractivity contribution >= 4 is 15.9 Å². The van der Waals surface area contributed by atoms with Crippen molar-refractivity contribution in [1.29, 1.82) is 0 Å². The summed E-state index contributed by atoms with van der Waals surface area (Å²) in [6, 6.07) is 28.7. The Balaban J connectivity index is 1.29. The number of carbonyl (C=O) groups excluding carboxylic acids is 1. The maximum absolute atomic E-state index is 13.6. The van der Waals surface area contributed by atoms with Gasteiger partial charge in [-0.3, -0.25) is 9.78 Å². The van der Waals surface area contributed by atoms with Crippen LogP contribution in [0.1, 0.15) is 32.6 Å². The van der Waals surface area contributed by atoms with Gasteiger partial charge in [-0.15, -0.1) is 0 Å². The molecule has 236 valence electrons. The minimum Gasteiger partial charge on any atom is -0.497 e. The Bertz CT molecular complexity index is 1860. The van der Waals surface area contributed by atoms with Crippen molar-refractivity contribution < 1.29 is 31.1 Å². The van der Waals surface area contributed by atoms with Gasteiger partial charge in [0.25, 0.3) is 5.91 Å². The second kappa shape index (κ2) is 14.0. The summed E-state index contributed by atoms with van der Waals surface area (Å²) in [5.74, 6) is 0.532. The number of benzene rings is 4. The van der Waals surface area contributed by atoms with Crippen LogP contribution in [0.3, 0.4) is 0 Å². The highest BCUT2D eigenvalue weighted by atomic mass is 32.2. The first-order valence-corrected chi connectivity index (χ1v) is 15.6. The quantitative estimate of drug-likeness (QED) is 0.166. The number of sulfonamides is 1. The summed E-state index contributed by atoms with van der Waals surface area (Å²) in [5.41, 5.74) is 3.55. The van der Waals surface area contributed by atoms with Crippen LogP contribution in [0.2, 0.25) is 0 Å². The molecule has 5 rings (SSSR count). The summed E-state index contributed by atoms with van der Waals surface area (Å²) in [6.07, 6.45) is -1.47. The Hall–Kier alpha value is -5.00. The van der Waals surface area contributed by atoms with E-state index in [1.807, 2.05) is 48.5 Å². The minimum absolute atomic E-state index is 0.0220. The first kappa shape index (κ1) is 32.4. The van der Waals surface area contributed by atoms with E-state index in [0.29, 0.717) is 23.2 Å². The summed E-state index contributed by atoms with van der Waals surface area (Å²) in [7, 11) is -2.57. The number of alkyl halides is 3. The topological polar surface area (TPSA) is 88.6 Å². The molecule has 0 fully saturated rings. The fourth-order valence-corrected chi connectivity index (χ4v) is 6.15. The Morgan fingerprint density at radius 1 is 0.783 bits per heavy atom. The predicted molar refractivity (Wildman–Crippen MR) is 168 cm³/mol. The summed E-state index contributed by atoms with van der Waals surface area (Å²) < 4.78 is 72.8. The first-order chi connectivity index (χ1) is 22.0. The monoisotopic (exact) mass is 645 g/mol. The molecule has 11 heteroatoms. The zero-order valence-electron chi connectivity index (χ0n) is 24.7. The number of ether oxygens (including phenoxy) is 1. The molecule has 4 aromatic carbocycles. The molecule has 46 heavy (non-hydrogen) atoms. The number of pyridine rings is 1. The highest BCUT2D eigenvalue weighted by Gasteiger charge is 2.32. The lowest BCUT2D eigenvalue weighted by atomic mass is 10.0. The molecule has 0 aliphatic rings. The van der Waals surface area contributed by atoms with E-state index in [9.17, 15) is 26.4 Å². The van der Waals surface area contributed by atoms with Crippen LogP contribution in [-0.4, -0.2) is 30.7 Å².